The molecule has 5 heteroatoms. The molecular formula is C6H13NO3S. The Bertz CT molecular complexity index is 206. The van der Waals surface area contributed by atoms with E-state index in [0.29, 0.717) is 13.2 Å². The van der Waals surface area contributed by atoms with E-state index in [1.165, 1.54) is 4.31 Å². The van der Waals surface area contributed by atoms with Crippen LogP contribution in [0.2, 0.25) is 0 Å². The molecule has 0 bridgehead atoms. The van der Waals surface area contributed by atoms with Crippen LogP contribution in [-0.4, -0.2) is 38.4 Å². The van der Waals surface area contributed by atoms with E-state index < -0.39 is 10.0 Å². The van der Waals surface area contributed by atoms with Gasteiger partial charge in [0, 0.05) is 13.2 Å². The SMILES string of the molecule is CCS(=O)(=O)N1CCCOC1. The van der Waals surface area contributed by atoms with Crippen molar-refractivity contribution in [1.82, 2.24) is 4.31 Å². The lowest BCUT2D eigenvalue weighted by atomic mass is 10.4. The smallest absolute Gasteiger partial charge is 0.215 e. The second-order valence-corrected chi connectivity index (χ2v) is 4.72. The average Bonchev–Trinajstić information content (AvgIpc) is 2.06. The lowest BCUT2D eigenvalue weighted by molar-refractivity contribution is 0.0314. The number of nitrogens with zero attached hydrogens (tertiary/aromatic N) is 1. The van der Waals surface area contributed by atoms with Crippen LogP contribution in [0.25, 0.3) is 0 Å². The molecule has 66 valence electrons. The van der Waals surface area contributed by atoms with Gasteiger partial charge in [-0.2, -0.15) is 4.31 Å². The van der Waals surface area contributed by atoms with E-state index in [-0.39, 0.29) is 12.5 Å². The van der Waals surface area contributed by atoms with Gasteiger partial charge >= 0.3 is 0 Å². The van der Waals surface area contributed by atoms with Crippen LogP contribution in [-0.2, 0) is 14.8 Å². The van der Waals surface area contributed by atoms with Crippen LogP contribution in [0.15, 0.2) is 0 Å². The molecule has 1 rings (SSSR count). The summed E-state index contributed by atoms with van der Waals surface area (Å²) in [6.45, 7) is 3.16. The number of hydrogen-bond donors (Lipinski definition) is 0. The molecule has 0 unspecified atom stereocenters. The monoisotopic (exact) mass is 179 g/mol. The third-order valence-electron chi connectivity index (χ3n) is 1.69. The minimum absolute atomic E-state index is 0.163. The second-order valence-electron chi connectivity index (χ2n) is 2.47. The molecule has 1 fully saturated rings. The zero-order valence-electron chi connectivity index (χ0n) is 6.62. The summed E-state index contributed by atoms with van der Waals surface area (Å²) in [6.07, 6.45) is 0.805. The van der Waals surface area contributed by atoms with Crippen LogP contribution < -0.4 is 0 Å². The molecule has 0 aromatic heterocycles. The Morgan fingerprint density at radius 3 is 2.73 bits per heavy atom. The topological polar surface area (TPSA) is 46.6 Å². The van der Waals surface area contributed by atoms with Gasteiger partial charge in [-0.25, -0.2) is 8.42 Å². The van der Waals surface area contributed by atoms with Crippen molar-refractivity contribution in [2.45, 2.75) is 13.3 Å². The summed E-state index contributed by atoms with van der Waals surface area (Å²) in [5.41, 5.74) is 0. The highest BCUT2D eigenvalue weighted by Gasteiger charge is 2.21. The first-order valence-electron chi connectivity index (χ1n) is 3.72. The Labute approximate surface area is 67.2 Å². The Morgan fingerprint density at radius 2 is 2.27 bits per heavy atom. The highest BCUT2D eigenvalue weighted by atomic mass is 32.2. The summed E-state index contributed by atoms with van der Waals surface area (Å²) < 4.78 is 28.8. The first kappa shape index (κ1) is 8.96. The van der Waals surface area contributed by atoms with Gasteiger partial charge in [0.15, 0.2) is 0 Å². The van der Waals surface area contributed by atoms with E-state index in [2.05, 4.69) is 0 Å². The first-order valence-corrected chi connectivity index (χ1v) is 5.33. The van der Waals surface area contributed by atoms with Crippen molar-refractivity contribution in [1.29, 1.82) is 0 Å². The summed E-state index contributed by atoms with van der Waals surface area (Å²) in [5, 5.41) is 0. The Kier molecular flexibility index (Phi) is 2.86. The molecule has 1 heterocycles. The van der Waals surface area contributed by atoms with Gasteiger partial charge in [-0.1, -0.05) is 0 Å². The molecule has 4 nitrogen and oxygen atoms in total. The highest BCUT2D eigenvalue weighted by molar-refractivity contribution is 7.89. The Balaban J connectivity index is 2.58. The van der Waals surface area contributed by atoms with E-state index in [4.69, 9.17) is 4.74 Å². The van der Waals surface area contributed by atoms with E-state index in [9.17, 15) is 8.42 Å². The molecule has 0 spiro atoms. The normalized spacial score (nSPS) is 21.9. The zero-order valence-corrected chi connectivity index (χ0v) is 7.43. The number of hydrogen-bond acceptors (Lipinski definition) is 3. The van der Waals surface area contributed by atoms with Crippen molar-refractivity contribution >= 4 is 10.0 Å². The maximum absolute atomic E-state index is 11.2. The van der Waals surface area contributed by atoms with Crippen LogP contribution in [0.4, 0.5) is 0 Å². The van der Waals surface area contributed by atoms with Crippen molar-refractivity contribution in [3.63, 3.8) is 0 Å². The molecule has 0 amide bonds. The highest BCUT2D eigenvalue weighted by Crippen LogP contribution is 2.07. The van der Waals surface area contributed by atoms with Gasteiger partial charge in [0.2, 0.25) is 10.0 Å². The molecular weight excluding hydrogens is 166 g/mol. The molecule has 0 N–H and O–H groups in total. The third-order valence-corrected chi connectivity index (χ3v) is 3.49. The van der Waals surface area contributed by atoms with Gasteiger partial charge in [0.25, 0.3) is 0 Å². The minimum atomic E-state index is -3.01. The fourth-order valence-corrected chi connectivity index (χ4v) is 1.98. The first-order chi connectivity index (χ1) is 5.17. The quantitative estimate of drug-likeness (QED) is 0.600. The predicted octanol–water partition coefficient (Wildman–Crippen LogP) is 0.0159. The molecule has 1 aliphatic heterocycles. The lowest BCUT2D eigenvalue weighted by Gasteiger charge is -2.25. The molecule has 0 atom stereocenters. The largest absolute Gasteiger partial charge is 0.365 e. The van der Waals surface area contributed by atoms with Crippen molar-refractivity contribution in [3.8, 4) is 0 Å². The van der Waals surface area contributed by atoms with E-state index in [1.807, 2.05) is 0 Å². The number of sulfonamides is 1. The summed E-state index contributed by atoms with van der Waals surface area (Å²) >= 11 is 0. The summed E-state index contributed by atoms with van der Waals surface area (Å²) in [5.74, 6) is 0.163. The molecule has 0 aromatic carbocycles. The Hall–Kier alpha value is -0.130. The second kappa shape index (κ2) is 3.51. The molecule has 1 aliphatic rings. The molecule has 0 saturated carbocycles. The van der Waals surface area contributed by atoms with E-state index in [1.54, 1.807) is 6.92 Å². The third kappa shape index (κ3) is 2.15. The molecule has 0 aliphatic carbocycles. The van der Waals surface area contributed by atoms with Gasteiger partial charge in [-0.15, -0.1) is 0 Å². The van der Waals surface area contributed by atoms with E-state index >= 15 is 0 Å². The number of ether oxygens (including phenoxy) is 1. The van der Waals surface area contributed by atoms with Crippen LogP contribution in [0.3, 0.4) is 0 Å². The summed E-state index contributed by atoms with van der Waals surface area (Å²) in [4.78, 5) is 0. The van der Waals surface area contributed by atoms with Crippen LogP contribution in [0.1, 0.15) is 13.3 Å². The van der Waals surface area contributed by atoms with Crippen molar-refractivity contribution < 1.29 is 13.2 Å². The van der Waals surface area contributed by atoms with Crippen molar-refractivity contribution in [2.24, 2.45) is 0 Å². The van der Waals surface area contributed by atoms with Crippen molar-refractivity contribution in [3.05, 3.63) is 0 Å². The molecule has 0 aromatic rings. The van der Waals surface area contributed by atoms with Gasteiger partial charge in [0.05, 0.1) is 5.75 Å². The van der Waals surface area contributed by atoms with Gasteiger partial charge < -0.3 is 4.74 Å². The molecule has 1 saturated heterocycles. The maximum Gasteiger partial charge on any atom is 0.215 e. The van der Waals surface area contributed by atoms with Gasteiger partial charge in [-0.05, 0) is 13.3 Å². The standard InChI is InChI=1S/C6H13NO3S/c1-2-11(8,9)7-4-3-5-10-6-7/h2-6H2,1H3. The fourth-order valence-electron chi connectivity index (χ4n) is 0.976. The Morgan fingerprint density at radius 1 is 1.55 bits per heavy atom. The number of rotatable bonds is 2. The van der Waals surface area contributed by atoms with E-state index in [0.717, 1.165) is 6.42 Å². The van der Waals surface area contributed by atoms with Crippen LogP contribution >= 0.6 is 0 Å². The fraction of sp³-hybridized carbons (Fsp3) is 1.00. The lowest BCUT2D eigenvalue weighted by Crippen LogP contribution is -2.38. The van der Waals surface area contributed by atoms with Crippen LogP contribution in [0, 0.1) is 0 Å². The minimum Gasteiger partial charge on any atom is -0.365 e. The maximum atomic E-state index is 11.2. The summed E-state index contributed by atoms with van der Waals surface area (Å²) in [6, 6.07) is 0. The zero-order chi connectivity index (χ0) is 8.32. The average molecular weight is 179 g/mol. The van der Waals surface area contributed by atoms with Crippen molar-refractivity contribution in [2.75, 3.05) is 25.6 Å². The summed E-state index contributed by atoms with van der Waals surface area (Å²) in [7, 11) is -3.01. The molecule has 11 heavy (non-hydrogen) atoms. The predicted molar refractivity (Wildman–Crippen MR) is 41.6 cm³/mol. The van der Waals surface area contributed by atoms with Gasteiger partial charge in [0.1, 0.15) is 6.73 Å². The van der Waals surface area contributed by atoms with Crippen LogP contribution in [0.5, 0.6) is 0 Å². The van der Waals surface area contributed by atoms with Gasteiger partial charge in [-0.3, -0.25) is 0 Å². The molecule has 0 radical (unpaired) electrons.